The lowest BCUT2D eigenvalue weighted by Crippen LogP contribution is -2.07. The molecule has 7 heteroatoms. The summed E-state index contributed by atoms with van der Waals surface area (Å²) in [5.74, 6) is 0.542. The molecular formula is C7H9ClN4S2. The molecule has 0 aromatic carbocycles. The first kappa shape index (κ1) is 11.6. The third-order valence-electron chi connectivity index (χ3n) is 1.27. The minimum atomic E-state index is -0.466. The Hall–Kier alpha value is -0.510. The zero-order valence-electron chi connectivity index (χ0n) is 7.77. The highest BCUT2D eigenvalue weighted by molar-refractivity contribution is 8.01. The van der Waals surface area contributed by atoms with Crippen LogP contribution in [-0.2, 0) is 0 Å². The Bertz CT molecular complexity index is 333. The zero-order chi connectivity index (χ0) is 10.6. The van der Waals surface area contributed by atoms with Crippen molar-refractivity contribution in [2.24, 2.45) is 0 Å². The number of nitriles is 1. The van der Waals surface area contributed by atoms with E-state index in [1.807, 2.05) is 25.1 Å². The maximum atomic E-state index is 8.47. The van der Waals surface area contributed by atoms with Crippen LogP contribution in [0, 0.1) is 11.3 Å². The van der Waals surface area contributed by atoms with Crippen LogP contribution in [0.3, 0.4) is 0 Å². The van der Waals surface area contributed by atoms with E-state index in [1.54, 1.807) is 0 Å². The molecule has 1 atom stereocenters. The molecule has 1 unspecified atom stereocenters. The molecule has 0 aliphatic carbocycles. The lowest BCUT2D eigenvalue weighted by Gasteiger charge is -2.03. The molecule has 0 N–H and O–H groups in total. The molecule has 0 aliphatic rings. The van der Waals surface area contributed by atoms with E-state index in [0.29, 0.717) is 5.75 Å². The third kappa shape index (κ3) is 3.33. The van der Waals surface area contributed by atoms with Crippen molar-refractivity contribution in [3.8, 4) is 6.07 Å². The number of anilines is 1. The average molecular weight is 249 g/mol. The Morgan fingerprint density at radius 1 is 1.64 bits per heavy atom. The number of hydrogen-bond donors (Lipinski definition) is 0. The van der Waals surface area contributed by atoms with Crippen LogP contribution in [-0.4, -0.2) is 35.4 Å². The topological polar surface area (TPSA) is 52.8 Å². The SMILES string of the molecule is CN(C)c1nnc(SCC(Cl)C#N)s1. The molecule has 0 aliphatic heterocycles. The number of rotatable bonds is 4. The Balaban J connectivity index is 2.49. The molecule has 14 heavy (non-hydrogen) atoms. The zero-order valence-corrected chi connectivity index (χ0v) is 10.2. The van der Waals surface area contributed by atoms with Crippen LogP contribution in [0.5, 0.6) is 0 Å². The summed E-state index contributed by atoms with van der Waals surface area (Å²) in [6, 6.07) is 1.96. The second kappa shape index (κ2) is 5.39. The van der Waals surface area contributed by atoms with Gasteiger partial charge < -0.3 is 4.90 Å². The summed E-state index contributed by atoms with van der Waals surface area (Å²) in [5, 5.41) is 16.8. The van der Waals surface area contributed by atoms with Gasteiger partial charge in [-0.05, 0) is 0 Å². The molecule has 1 rings (SSSR count). The van der Waals surface area contributed by atoms with E-state index in [1.165, 1.54) is 23.1 Å². The molecule has 4 nitrogen and oxygen atoms in total. The second-order valence-electron chi connectivity index (χ2n) is 2.65. The minimum Gasteiger partial charge on any atom is -0.353 e. The van der Waals surface area contributed by atoms with Crippen LogP contribution in [0.25, 0.3) is 0 Å². The van der Waals surface area contributed by atoms with Gasteiger partial charge in [0.05, 0.1) is 6.07 Å². The number of alkyl halides is 1. The van der Waals surface area contributed by atoms with Gasteiger partial charge in [0.25, 0.3) is 0 Å². The largest absolute Gasteiger partial charge is 0.353 e. The summed E-state index contributed by atoms with van der Waals surface area (Å²) < 4.78 is 0.842. The number of hydrogen-bond acceptors (Lipinski definition) is 6. The van der Waals surface area contributed by atoms with E-state index in [2.05, 4.69) is 10.2 Å². The van der Waals surface area contributed by atoms with Gasteiger partial charge in [0.15, 0.2) is 4.34 Å². The predicted molar refractivity (Wildman–Crippen MR) is 60.2 cm³/mol. The van der Waals surface area contributed by atoms with E-state index in [9.17, 15) is 0 Å². The highest BCUT2D eigenvalue weighted by atomic mass is 35.5. The molecule has 0 fully saturated rings. The second-order valence-corrected chi connectivity index (χ2v) is 5.40. The van der Waals surface area contributed by atoms with Crippen molar-refractivity contribution in [2.75, 3.05) is 24.7 Å². The van der Waals surface area contributed by atoms with E-state index in [0.717, 1.165) is 9.47 Å². The van der Waals surface area contributed by atoms with Gasteiger partial charge in [0.2, 0.25) is 5.13 Å². The van der Waals surface area contributed by atoms with Gasteiger partial charge in [-0.15, -0.1) is 21.8 Å². The first-order valence-corrected chi connectivity index (χ1v) is 6.04. The monoisotopic (exact) mass is 248 g/mol. The maximum absolute atomic E-state index is 8.47. The minimum absolute atomic E-state index is 0.466. The summed E-state index contributed by atoms with van der Waals surface area (Å²) in [6.45, 7) is 0. The van der Waals surface area contributed by atoms with Gasteiger partial charge in [0.1, 0.15) is 5.38 Å². The summed E-state index contributed by atoms with van der Waals surface area (Å²) >= 11 is 8.60. The third-order valence-corrected chi connectivity index (χ3v) is 4.02. The van der Waals surface area contributed by atoms with Crippen molar-refractivity contribution >= 4 is 39.8 Å². The Morgan fingerprint density at radius 2 is 2.36 bits per heavy atom. The van der Waals surface area contributed by atoms with Crippen LogP contribution in [0.1, 0.15) is 0 Å². The van der Waals surface area contributed by atoms with E-state index >= 15 is 0 Å². The Labute approximate surface area is 95.9 Å². The molecule has 1 aromatic rings. The summed E-state index contributed by atoms with van der Waals surface area (Å²) in [7, 11) is 3.82. The van der Waals surface area contributed by atoms with Gasteiger partial charge in [-0.2, -0.15) is 5.26 Å². The lowest BCUT2D eigenvalue weighted by molar-refractivity contribution is 0.972. The number of aromatic nitrogens is 2. The molecule has 0 saturated heterocycles. The maximum Gasteiger partial charge on any atom is 0.208 e. The van der Waals surface area contributed by atoms with Crippen LogP contribution < -0.4 is 4.90 Å². The van der Waals surface area contributed by atoms with E-state index < -0.39 is 5.38 Å². The van der Waals surface area contributed by atoms with Gasteiger partial charge >= 0.3 is 0 Å². The predicted octanol–water partition coefficient (Wildman–Crippen LogP) is 1.83. The quantitative estimate of drug-likeness (QED) is 0.601. The van der Waals surface area contributed by atoms with Crippen LogP contribution in [0.4, 0.5) is 5.13 Å². The molecule has 1 aromatic heterocycles. The normalized spacial score (nSPS) is 12.1. The molecule has 0 bridgehead atoms. The molecular weight excluding hydrogens is 240 g/mol. The van der Waals surface area contributed by atoms with Gasteiger partial charge in [-0.25, -0.2) is 0 Å². The van der Waals surface area contributed by atoms with Crippen LogP contribution in [0.15, 0.2) is 4.34 Å². The van der Waals surface area contributed by atoms with Crippen molar-refractivity contribution in [3.05, 3.63) is 0 Å². The van der Waals surface area contributed by atoms with Crippen molar-refractivity contribution < 1.29 is 0 Å². The summed E-state index contributed by atoms with van der Waals surface area (Å²) in [4.78, 5) is 1.89. The van der Waals surface area contributed by atoms with E-state index in [4.69, 9.17) is 16.9 Å². The van der Waals surface area contributed by atoms with Gasteiger partial charge in [-0.1, -0.05) is 23.1 Å². The molecule has 1 heterocycles. The van der Waals surface area contributed by atoms with Crippen molar-refractivity contribution in [2.45, 2.75) is 9.72 Å². The average Bonchev–Trinajstić information content (AvgIpc) is 2.62. The van der Waals surface area contributed by atoms with Gasteiger partial charge in [0, 0.05) is 19.8 Å². The lowest BCUT2D eigenvalue weighted by atomic mass is 10.5. The number of nitrogens with zero attached hydrogens (tertiary/aromatic N) is 4. The van der Waals surface area contributed by atoms with Crippen molar-refractivity contribution in [1.82, 2.24) is 10.2 Å². The van der Waals surface area contributed by atoms with Gasteiger partial charge in [-0.3, -0.25) is 0 Å². The fourth-order valence-electron chi connectivity index (χ4n) is 0.623. The molecule has 0 saturated carbocycles. The van der Waals surface area contributed by atoms with E-state index in [-0.39, 0.29) is 0 Å². The highest BCUT2D eigenvalue weighted by Crippen LogP contribution is 2.27. The van der Waals surface area contributed by atoms with Crippen LogP contribution in [0.2, 0.25) is 0 Å². The molecule has 0 amide bonds. The first-order valence-electron chi connectivity index (χ1n) is 3.81. The molecule has 76 valence electrons. The number of halogens is 1. The Kier molecular flexibility index (Phi) is 4.45. The fraction of sp³-hybridized carbons (Fsp3) is 0.571. The molecule has 0 spiro atoms. The smallest absolute Gasteiger partial charge is 0.208 e. The summed E-state index contributed by atoms with van der Waals surface area (Å²) in [5.41, 5.74) is 0. The van der Waals surface area contributed by atoms with Crippen molar-refractivity contribution in [3.63, 3.8) is 0 Å². The standard InChI is InChI=1S/C7H9ClN4S2/c1-12(2)6-10-11-7(14-6)13-4-5(8)3-9/h5H,4H2,1-2H3. The Morgan fingerprint density at radius 3 is 2.86 bits per heavy atom. The van der Waals surface area contributed by atoms with Crippen molar-refractivity contribution in [1.29, 1.82) is 5.26 Å². The first-order chi connectivity index (χ1) is 6.63. The molecule has 0 radical (unpaired) electrons. The number of thioether (sulfide) groups is 1. The highest BCUT2D eigenvalue weighted by Gasteiger charge is 2.08. The van der Waals surface area contributed by atoms with Crippen LogP contribution >= 0.6 is 34.7 Å². The summed E-state index contributed by atoms with van der Waals surface area (Å²) in [6.07, 6.45) is 0. The fourth-order valence-corrected chi connectivity index (χ4v) is 2.44.